The molecular formula is C12H20N4O2. The molecule has 1 atom stereocenters. The number of aryl methyl sites for hydroxylation is 1. The molecule has 2 heterocycles. The Hall–Kier alpha value is -1.43. The van der Waals surface area contributed by atoms with Crippen LogP contribution in [0, 0.1) is 5.92 Å². The molecular weight excluding hydrogens is 232 g/mol. The molecule has 0 aromatic carbocycles. The largest absolute Gasteiger partial charge is 0.384 e. The van der Waals surface area contributed by atoms with Gasteiger partial charge in [-0.2, -0.15) is 5.10 Å². The van der Waals surface area contributed by atoms with Gasteiger partial charge in [-0.15, -0.1) is 0 Å². The lowest BCUT2D eigenvalue weighted by atomic mass is 10.1. The van der Waals surface area contributed by atoms with Crippen LogP contribution in [0.2, 0.25) is 0 Å². The zero-order valence-corrected chi connectivity index (χ0v) is 10.8. The summed E-state index contributed by atoms with van der Waals surface area (Å²) in [4.78, 5) is 17.8. The van der Waals surface area contributed by atoms with E-state index in [-0.39, 0.29) is 5.91 Å². The van der Waals surface area contributed by atoms with Crippen LogP contribution in [0.5, 0.6) is 0 Å². The fourth-order valence-electron chi connectivity index (χ4n) is 2.33. The Balaban J connectivity index is 1.66. The van der Waals surface area contributed by atoms with Gasteiger partial charge in [0, 0.05) is 39.1 Å². The Morgan fingerprint density at radius 1 is 1.56 bits per heavy atom. The molecule has 100 valence electrons. The first-order valence-electron chi connectivity index (χ1n) is 6.38. The number of methoxy groups -OCH3 is 1. The van der Waals surface area contributed by atoms with Crippen LogP contribution < -0.4 is 0 Å². The monoisotopic (exact) mass is 252 g/mol. The Morgan fingerprint density at radius 3 is 3.17 bits per heavy atom. The van der Waals surface area contributed by atoms with Crippen LogP contribution in [-0.4, -0.2) is 52.4 Å². The lowest BCUT2D eigenvalue weighted by Gasteiger charge is -2.16. The van der Waals surface area contributed by atoms with E-state index >= 15 is 0 Å². The average molecular weight is 252 g/mol. The molecule has 1 aliphatic rings. The van der Waals surface area contributed by atoms with E-state index in [1.807, 2.05) is 4.90 Å². The molecule has 1 aliphatic heterocycles. The van der Waals surface area contributed by atoms with Gasteiger partial charge in [0.15, 0.2) is 0 Å². The van der Waals surface area contributed by atoms with Crippen molar-refractivity contribution >= 4 is 5.91 Å². The fourth-order valence-corrected chi connectivity index (χ4v) is 2.33. The molecule has 1 aromatic rings. The number of hydrogen-bond acceptors (Lipinski definition) is 4. The van der Waals surface area contributed by atoms with Gasteiger partial charge in [-0.05, 0) is 12.8 Å². The summed E-state index contributed by atoms with van der Waals surface area (Å²) in [5.74, 6) is 0.753. The zero-order chi connectivity index (χ0) is 12.8. The summed E-state index contributed by atoms with van der Waals surface area (Å²) < 4.78 is 6.88. The van der Waals surface area contributed by atoms with E-state index in [0.29, 0.717) is 12.3 Å². The summed E-state index contributed by atoms with van der Waals surface area (Å²) in [6.45, 7) is 3.22. The molecule has 6 heteroatoms. The normalized spacial score (nSPS) is 19.4. The third-order valence-corrected chi connectivity index (χ3v) is 3.29. The number of rotatable bonds is 6. The first-order valence-corrected chi connectivity index (χ1v) is 6.38. The van der Waals surface area contributed by atoms with Crippen molar-refractivity contribution < 1.29 is 9.53 Å². The number of carbonyl (C=O) groups is 1. The van der Waals surface area contributed by atoms with E-state index in [9.17, 15) is 4.79 Å². The number of ether oxygens (including phenoxy) is 1. The molecule has 1 unspecified atom stereocenters. The van der Waals surface area contributed by atoms with Gasteiger partial charge in [0.1, 0.15) is 12.7 Å². The summed E-state index contributed by atoms with van der Waals surface area (Å²) in [6.07, 6.45) is 5.64. The maximum Gasteiger partial charge on any atom is 0.222 e. The Bertz CT molecular complexity index is 366. The van der Waals surface area contributed by atoms with Gasteiger partial charge in [-0.1, -0.05) is 0 Å². The van der Waals surface area contributed by atoms with E-state index in [2.05, 4.69) is 10.1 Å². The molecule has 2 rings (SSSR count). The number of aromatic nitrogens is 3. The minimum atomic E-state index is 0.244. The van der Waals surface area contributed by atoms with Gasteiger partial charge < -0.3 is 9.64 Å². The minimum absolute atomic E-state index is 0.244. The molecule has 0 aliphatic carbocycles. The lowest BCUT2D eigenvalue weighted by molar-refractivity contribution is -0.130. The van der Waals surface area contributed by atoms with Crippen molar-refractivity contribution in [1.82, 2.24) is 19.7 Å². The predicted molar refractivity (Wildman–Crippen MR) is 65.8 cm³/mol. The number of carbonyl (C=O) groups excluding carboxylic acids is 1. The Kier molecular flexibility index (Phi) is 4.69. The number of hydrogen-bond donors (Lipinski definition) is 0. The third kappa shape index (κ3) is 3.53. The zero-order valence-electron chi connectivity index (χ0n) is 10.8. The maximum absolute atomic E-state index is 12.0. The van der Waals surface area contributed by atoms with E-state index in [4.69, 9.17) is 4.74 Å². The number of nitrogens with zero attached hydrogens (tertiary/aromatic N) is 4. The van der Waals surface area contributed by atoms with Crippen LogP contribution in [0.25, 0.3) is 0 Å². The van der Waals surface area contributed by atoms with Gasteiger partial charge >= 0.3 is 0 Å². The molecule has 1 amide bonds. The SMILES string of the molecule is COCC1CCN(C(=O)CCCn2cncn2)C1. The van der Waals surface area contributed by atoms with Crippen molar-refractivity contribution in [2.24, 2.45) is 5.92 Å². The summed E-state index contributed by atoms with van der Waals surface area (Å²) in [7, 11) is 1.71. The van der Waals surface area contributed by atoms with Gasteiger partial charge in [0.2, 0.25) is 5.91 Å². The molecule has 1 saturated heterocycles. The van der Waals surface area contributed by atoms with Crippen molar-refractivity contribution in [2.45, 2.75) is 25.8 Å². The van der Waals surface area contributed by atoms with E-state index < -0.39 is 0 Å². The van der Waals surface area contributed by atoms with Gasteiger partial charge in [0.25, 0.3) is 0 Å². The molecule has 18 heavy (non-hydrogen) atoms. The molecule has 0 radical (unpaired) electrons. The maximum atomic E-state index is 12.0. The number of amides is 1. The standard InChI is InChI=1S/C12H20N4O2/c1-18-8-11-4-6-15(7-11)12(17)3-2-5-16-10-13-9-14-16/h9-11H,2-8H2,1H3. The third-order valence-electron chi connectivity index (χ3n) is 3.29. The molecule has 0 spiro atoms. The van der Waals surface area contributed by atoms with Crippen LogP contribution >= 0.6 is 0 Å². The van der Waals surface area contributed by atoms with Crippen molar-refractivity contribution in [3.8, 4) is 0 Å². The highest BCUT2D eigenvalue weighted by Gasteiger charge is 2.25. The topological polar surface area (TPSA) is 60.2 Å². The smallest absolute Gasteiger partial charge is 0.222 e. The van der Waals surface area contributed by atoms with Crippen LogP contribution in [0.15, 0.2) is 12.7 Å². The molecule has 1 fully saturated rings. The summed E-state index contributed by atoms with van der Waals surface area (Å²) in [5.41, 5.74) is 0. The number of likely N-dealkylation sites (tertiary alicyclic amines) is 1. The molecule has 0 bridgehead atoms. The van der Waals surface area contributed by atoms with Crippen LogP contribution in [0.3, 0.4) is 0 Å². The quantitative estimate of drug-likeness (QED) is 0.742. The van der Waals surface area contributed by atoms with Gasteiger partial charge in [0.05, 0.1) is 6.61 Å². The van der Waals surface area contributed by atoms with Gasteiger partial charge in [-0.25, -0.2) is 4.98 Å². The highest BCUT2D eigenvalue weighted by molar-refractivity contribution is 5.76. The summed E-state index contributed by atoms with van der Waals surface area (Å²) in [5, 5.41) is 4.01. The van der Waals surface area contributed by atoms with Crippen molar-refractivity contribution in [3.05, 3.63) is 12.7 Å². The summed E-state index contributed by atoms with van der Waals surface area (Å²) >= 11 is 0. The van der Waals surface area contributed by atoms with Crippen LogP contribution in [0.4, 0.5) is 0 Å². The second kappa shape index (κ2) is 6.49. The van der Waals surface area contributed by atoms with Crippen molar-refractivity contribution in [2.75, 3.05) is 26.8 Å². The first kappa shape index (κ1) is 13.0. The van der Waals surface area contributed by atoms with E-state index in [0.717, 1.165) is 39.1 Å². The lowest BCUT2D eigenvalue weighted by Crippen LogP contribution is -2.29. The van der Waals surface area contributed by atoms with Gasteiger partial charge in [-0.3, -0.25) is 9.48 Å². The first-order chi connectivity index (χ1) is 8.79. The average Bonchev–Trinajstić information content (AvgIpc) is 3.00. The second-order valence-electron chi connectivity index (χ2n) is 4.71. The summed E-state index contributed by atoms with van der Waals surface area (Å²) in [6, 6.07) is 0. The van der Waals surface area contributed by atoms with E-state index in [1.165, 1.54) is 6.33 Å². The van der Waals surface area contributed by atoms with Crippen LogP contribution in [-0.2, 0) is 16.1 Å². The van der Waals surface area contributed by atoms with Crippen LogP contribution in [0.1, 0.15) is 19.3 Å². The van der Waals surface area contributed by atoms with Crippen molar-refractivity contribution in [3.63, 3.8) is 0 Å². The molecule has 6 nitrogen and oxygen atoms in total. The molecule has 0 saturated carbocycles. The Labute approximate surface area is 107 Å². The van der Waals surface area contributed by atoms with E-state index in [1.54, 1.807) is 18.1 Å². The molecule has 1 aromatic heterocycles. The minimum Gasteiger partial charge on any atom is -0.384 e. The fraction of sp³-hybridized carbons (Fsp3) is 0.750. The predicted octanol–water partition coefficient (Wildman–Crippen LogP) is 0.553. The second-order valence-corrected chi connectivity index (χ2v) is 4.71. The highest BCUT2D eigenvalue weighted by Crippen LogP contribution is 2.17. The highest BCUT2D eigenvalue weighted by atomic mass is 16.5. The Morgan fingerprint density at radius 2 is 2.44 bits per heavy atom. The molecule has 0 N–H and O–H groups in total. The van der Waals surface area contributed by atoms with Crippen molar-refractivity contribution in [1.29, 1.82) is 0 Å².